The molecular weight excluding hydrogens is 617 g/mol. The van der Waals surface area contributed by atoms with Crippen LogP contribution in [-0.2, 0) is 0 Å². The quantitative estimate of drug-likeness (QED) is 0.188. The summed E-state index contributed by atoms with van der Waals surface area (Å²) < 4.78 is 7.36. The van der Waals surface area contributed by atoms with Crippen molar-refractivity contribution in [1.82, 2.24) is 18.9 Å². The third-order valence-corrected chi connectivity index (χ3v) is 11.7. The van der Waals surface area contributed by atoms with E-state index in [1.54, 1.807) is 0 Å². The minimum atomic E-state index is 0.842. The van der Waals surface area contributed by atoms with Gasteiger partial charge >= 0.3 is 0 Å². The Bertz CT molecular complexity index is 3340. The first-order chi connectivity index (χ1) is 24.3. The van der Waals surface area contributed by atoms with Gasteiger partial charge < -0.3 is 4.40 Å². The molecule has 5 heteroatoms. The molecule has 49 heavy (non-hydrogen) atoms. The van der Waals surface area contributed by atoms with E-state index < -0.39 is 0 Å². The minimum absolute atomic E-state index is 0.842. The second kappa shape index (κ2) is 9.19. The Kier molecular flexibility index (Phi) is 4.83. The first-order valence-electron chi connectivity index (χ1n) is 16.6. The number of hydrogen-bond donors (Lipinski definition) is 0. The normalized spacial score (nSPS) is 12.5. The molecule has 0 bridgehead atoms. The van der Waals surface area contributed by atoms with Crippen LogP contribution in [0.1, 0.15) is 0 Å². The van der Waals surface area contributed by atoms with Gasteiger partial charge in [0.25, 0.3) is 0 Å². The second-order valence-corrected chi connectivity index (χ2v) is 14.0. The predicted molar refractivity (Wildman–Crippen MR) is 207 cm³/mol. The fourth-order valence-electron chi connectivity index (χ4n) is 8.48. The van der Waals surface area contributed by atoms with Gasteiger partial charge in [0, 0.05) is 52.7 Å². The molecule has 0 aliphatic carbocycles. The van der Waals surface area contributed by atoms with Crippen molar-refractivity contribution in [2.24, 2.45) is 0 Å². The summed E-state index contributed by atoms with van der Waals surface area (Å²) in [5.41, 5.74) is 9.66. The molecular formula is C44H24N4S. The third kappa shape index (κ3) is 3.23. The Morgan fingerprint density at radius 3 is 1.92 bits per heavy atom. The van der Waals surface area contributed by atoms with Crippen LogP contribution in [0.5, 0.6) is 0 Å². The fraction of sp³-hybridized carbons (Fsp3) is 0. The van der Waals surface area contributed by atoms with Gasteiger partial charge in [-0.25, -0.2) is 9.97 Å². The van der Waals surface area contributed by atoms with E-state index in [4.69, 9.17) is 9.97 Å². The molecule has 7 aromatic carbocycles. The molecule has 0 N–H and O–H groups in total. The number of hydrogen-bond acceptors (Lipinski definition) is 3. The summed E-state index contributed by atoms with van der Waals surface area (Å²) in [5, 5.41) is 10.0. The molecule has 0 unspecified atom stereocenters. The van der Waals surface area contributed by atoms with E-state index in [0.717, 1.165) is 39.1 Å². The highest BCUT2D eigenvalue weighted by Gasteiger charge is 2.25. The van der Waals surface area contributed by atoms with Crippen molar-refractivity contribution in [2.75, 3.05) is 0 Å². The first kappa shape index (κ1) is 25.7. The van der Waals surface area contributed by atoms with Crippen LogP contribution in [0.3, 0.4) is 0 Å². The summed E-state index contributed by atoms with van der Waals surface area (Å²) in [6.07, 6.45) is 0. The van der Waals surface area contributed by atoms with E-state index in [-0.39, 0.29) is 0 Å². The van der Waals surface area contributed by atoms with Gasteiger partial charge in [-0.2, -0.15) is 0 Å². The molecule has 0 aliphatic rings. The zero-order chi connectivity index (χ0) is 31.8. The van der Waals surface area contributed by atoms with Crippen molar-refractivity contribution in [3.05, 3.63) is 146 Å². The van der Waals surface area contributed by atoms with E-state index in [0.29, 0.717) is 0 Å². The molecule has 5 heterocycles. The molecule has 5 aromatic heterocycles. The van der Waals surface area contributed by atoms with E-state index >= 15 is 0 Å². The first-order valence-corrected chi connectivity index (χ1v) is 17.4. The lowest BCUT2D eigenvalue weighted by molar-refractivity contribution is 1.08. The lowest BCUT2D eigenvalue weighted by atomic mass is 10.0. The van der Waals surface area contributed by atoms with Crippen molar-refractivity contribution in [2.45, 2.75) is 0 Å². The zero-order valence-electron chi connectivity index (χ0n) is 26.1. The maximum atomic E-state index is 5.48. The van der Waals surface area contributed by atoms with Gasteiger partial charge in [0.2, 0.25) is 0 Å². The average molecular weight is 641 g/mol. The highest BCUT2D eigenvalue weighted by atomic mass is 32.1. The number of benzene rings is 7. The Hall–Kier alpha value is -6.30. The van der Waals surface area contributed by atoms with Crippen molar-refractivity contribution in [3.63, 3.8) is 0 Å². The maximum Gasteiger partial charge on any atom is 0.165 e. The average Bonchev–Trinajstić information content (AvgIpc) is 3.79. The molecule has 4 nitrogen and oxygen atoms in total. The molecule has 0 spiro atoms. The molecule has 12 rings (SSSR count). The van der Waals surface area contributed by atoms with Crippen LogP contribution < -0.4 is 0 Å². The van der Waals surface area contributed by atoms with E-state index in [1.165, 1.54) is 69.0 Å². The summed E-state index contributed by atoms with van der Waals surface area (Å²) in [6.45, 7) is 0. The zero-order valence-corrected chi connectivity index (χ0v) is 26.9. The Balaban J connectivity index is 1.31. The largest absolute Gasteiger partial charge is 0.308 e. The van der Waals surface area contributed by atoms with E-state index in [2.05, 4.69) is 142 Å². The highest BCUT2D eigenvalue weighted by Crippen LogP contribution is 2.46. The summed E-state index contributed by atoms with van der Waals surface area (Å²) in [5.74, 6) is 0.842. The van der Waals surface area contributed by atoms with Gasteiger partial charge in [-0.15, -0.1) is 11.3 Å². The topological polar surface area (TPSA) is 35.1 Å². The van der Waals surface area contributed by atoms with Gasteiger partial charge in [0.1, 0.15) is 5.69 Å². The summed E-state index contributed by atoms with van der Waals surface area (Å²) in [4.78, 5) is 10.9. The van der Waals surface area contributed by atoms with Crippen molar-refractivity contribution < 1.29 is 0 Å². The van der Waals surface area contributed by atoms with Gasteiger partial charge in [-0.3, -0.25) is 4.57 Å². The number of rotatable bonds is 2. The predicted octanol–water partition coefficient (Wildman–Crippen LogP) is 11.9. The van der Waals surface area contributed by atoms with Gasteiger partial charge in [0.15, 0.2) is 5.82 Å². The fourth-order valence-corrected chi connectivity index (χ4v) is 9.69. The lowest BCUT2D eigenvalue weighted by Crippen LogP contribution is -2.04. The third-order valence-electron chi connectivity index (χ3n) is 10.4. The number of nitrogens with zero attached hydrogens (tertiary/aromatic N) is 4. The molecule has 0 atom stereocenters. The van der Waals surface area contributed by atoms with Crippen LogP contribution in [0.25, 0.3) is 108 Å². The van der Waals surface area contributed by atoms with Crippen LogP contribution in [0.4, 0.5) is 0 Å². The second-order valence-electron chi connectivity index (χ2n) is 12.9. The maximum absolute atomic E-state index is 5.48. The monoisotopic (exact) mass is 640 g/mol. The van der Waals surface area contributed by atoms with Crippen molar-refractivity contribution in [3.8, 4) is 17.1 Å². The SMILES string of the molecule is c1ccc2nc(-n3c4cccc5c6cccc7c8ccccc8n(c8cccc3c8c54)c67)c(-c3cccc4c3sc3ccccc34)nc2c1. The standard InChI is InChI=1S/C44H24N4S/c1-5-20-34-25(11-1)28-14-7-15-29-27-13-9-21-35-39(27)40-36(47(34)42(28)29)22-10-23-37(40)48(35)44-41(45-32-18-3-4-19-33(32)46-44)31-17-8-16-30-26-12-2-6-24-38(26)49-43(30)31/h1-24H. The number of thiophene rings is 1. The van der Waals surface area contributed by atoms with Crippen LogP contribution in [0.2, 0.25) is 0 Å². The van der Waals surface area contributed by atoms with Gasteiger partial charge in [0.05, 0.1) is 38.6 Å². The molecule has 12 aromatic rings. The van der Waals surface area contributed by atoms with Crippen molar-refractivity contribution >= 4 is 102 Å². The molecule has 226 valence electrons. The number of para-hydroxylation sites is 4. The molecule has 0 saturated carbocycles. The molecule has 0 radical (unpaired) electrons. The summed E-state index contributed by atoms with van der Waals surface area (Å²) >= 11 is 1.83. The van der Waals surface area contributed by atoms with Gasteiger partial charge in [-0.1, -0.05) is 103 Å². The Morgan fingerprint density at radius 1 is 0.429 bits per heavy atom. The summed E-state index contributed by atoms with van der Waals surface area (Å²) in [7, 11) is 0. The van der Waals surface area contributed by atoms with E-state index in [1.807, 2.05) is 23.5 Å². The Labute approximate surface area is 283 Å². The highest BCUT2D eigenvalue weighted by molar-refractivity contribution is 7.26. The molecule has 0 amide bonds. The molecule has 0 aliphatic heterocycles. The molecule has 0 fully saturated rings. The van der Waals surface area contributed by atoms with Crippen LogP contribution >= 0.6 is 11.3 Å². The van der Waals surface area contributed by atoms with Crippen molar-refractivity contribution in [1.29, 1.82) is 0 Å². The minimum Gasteiger partial charge on any atom is -0.308 e. The Morgan fingerprint density at radius 2 is 1.02 bits per heavy atom. The van der Waals surface area contributed by atoms with Crippen LogP contribution in [-0.4, -0.2) is 18.9 Å². The lowest BCUT2D eigenvalue weighted by Gasteiger charge is -2.14. The van der Waals surface area contributed by atoms with E-state index in [9.17, 15) is 0 Å². The smallest absolute Gasteiger partial charge is 0.165 e. The van der Waals surface area contributed by atoms with Gasteiger partial charge in [-0.05, 0) is 47.9 Å². The number of aromatic nitrogens is 4. The van der Waals surface area contributed by atoms with Crippen LogP contribution in [0, 0.1) is 0 Å². The molecule has 0 saturated heterocycles. The van der Waals surface area contributed by atoms with Crippen LogP contribution in [0.15, 0.2) is 146 Å². The number of fused-ring (bicyclic) bond motifs is 9. The summed E-state index contributed by atoms with van der Waals surface area (Å²) in [6, 6.07) is 52.5.